The van der Waals surface area contributed by atoms with E-state index in [0.29, 0.717) is 17.1 Å². The molecule has 0 aliphatic carbocycles. The average Bonchev–Trinajstić information content (AvgIpc) is 2.64. The zero-order valence-corrected chi connectivity index (χ0v) is 8.95. The van der Waals surface area contributed by atoms with Crippen molar-refractivity contribution in [1.29, 1.82) is 0 Å². The van der Waals surface area contributed by atoms with Crippen LogP contribution >= 0.6 is 15.9 Å². The van der Waals surface area contributed by atoms with Gasteiger partial charge in [0.2, 0.25) is 6.79 Å². The van der Waals surface area contributed by atoms with E-state index >= 15 is 0 Å². The summed E-state index contributed by atoms with van der Waals surface area (Å²) in [7, 11) is 0. The van der Waals surface area contributed by atoms with Gasteiger partial charge in [0.15, 0.2) is 11.5 Å². The molecule has 1 aliphatic heterocycles. The maximum absolute atomic E-state index is 9.68. The Balaban J connectivity index is 2.51. The number of benzene rings is 1. The standard InChI is InChI=1S/C9H10BrNO3/c10-5-1-2-7-9(14-4-13-7)8(5)6(12)3-11/h1-2,6,12H,3-4,11H2. The average molecular weight is 260 g/mol. The van der Waals surface area contributed by atoms with Crippen molar-refractivity contribution >= 4 is 15.9 Å². The van der Waals surface area contributed by atoms with Gasteiger partial charge in [0, 0.05) is 16.6 Å². The predicted octanol–water partition coefficient (Wildman–Crippen LogP) is 1.17. The number of fused-ring (bicyclic) bond motifs is 1. The Morgan fingerprint density at radius 3 is 3.00 bits per heavy atom. The molecule has 1 aliphatic rings. The maximum Gasteiger partial charge on any atom is 0.231 e. The number of nitrogens with two attached hydrogens (primary N) is 1. The van der Waals surface area contributed by atoms with E-state index in [1.807, 2.05) is 6.07 Å². The molecular formula is C9H10BrNO3. The minimum absolute atomic E-state index is 0.151. The van der Waals surface area contributed by atoms with Crippen LogP contribution in [0.25, 0.3) is 0 Å². The predicted molar refractivity (Wildman–Crippen MR) is 54.3 cm³/mol. The minimum atomic E-state index is -0.735. The molecule has 14 heavy (non-hydrogen) atoms. The van der Waals surface area contributed by atoms with E-state index < -0.39 is 6.10 Å². The van der Waals surface area contributed by atoms with Gasteiger partial charge in [-0.25, -0.2) is 0 Å². The first-order valence-corrected chi connectivity index (χ1v) is 4.99. The van der Waals surface area contributed by atoms with Crippen molar-refractivity contribution in [2.24, 2.45) is 5.73 Å². The van der Waals surface area contributed by atoms with Crippen LogP contribution in [0, 0.1) is 0 Å². The van der Waals surface area contributed by atoms with Gasteiger partial charge in [-0.05, 0) is 12.1 Å². The summed E-state index contributed by atoms with van der Waals surface area (Å²) in [6, 6.07) is 3.60. The molecule has 0 aromatic heterocycles. The summed E-state index contributed by atoms with van der Waals surface area (Å²) in [5.41, 5.74) is 6.05. The fourth-order valence-corrected chi connectivity index (χ4v) is 1.97. The Morgan fingerprint density at radius 2 is 2.29 bits per heavy atom. The van der Waals surface area contributed by atoms with E-state index in [1.165, 1.54) is 0 Å². The van der Waals surface area contributed by atoms with Crippen LogP contribution in [0.5, 0.6) is 11.5 Å². The van der Waals surface area contributed by atoms with Crippen LogP contribution in [0.4, 0.5) is 0 Å². The minimum Gasteiger partial charge on any atom is -0.454 e. The van der Waals surface area contributed by atoms with E-state index in [4.69, 9.17) is 15.2 Å². The molecule has 5 heteroatoms. The van der Waals surface area contributed by atoms with Gasteiger partial charge in [0.05, 0.1) is 6.10 Å². The van der Waals surface area contributed by atoms with Gasteiger partial charge < -0.3 is 20.3 Å². The number of rotatable bonds is 2. The third-order valence-electron chi connectivity index (χ3n) is 2.08. The molecule has 0 spiro atoms. The summed E-state index contributed by atoms with van der Waals surface area (Å²) >= 11 is 3.34. The zero-order valence-electron chi connectivity index (χ0n) is 7.37. The van der Waals surface area contributed by atoms with Crippen LogP contribution in [0.2, 0.25) is 0 Å². The molecule has 2 rings (SSSR count). The Bertz CT molecular complexity index is 356. The Hall–Kier alpha value is -0.780. The van der Waals surface area contributed by atoms with Crippen LogP contribution in [-0.4, -0.2) is 18.4 Å². The van der Waals surface area contributed by atoms with Gasteiger partial charge in [0.25, 0.3) is 0 Å². The lowest BCUT2D eigenvalue weighted by Gasteiger charge is -2.12. The summed E-state index contributed by atoms with van der Waals surface area (Å²) in [4.78, 5) is 0. The molecular weight excluding hydrogens is 250 g/mol. The first-order chi connectivity index (χ1) is 6.74. The largest absolute Gasteiger partial charge is 0.454 e. The highest BCUT2D eigenvalue weighted by Crippen LogP contribution is 2.42. The molecule has 1 heterocycles. The van der Waals surface area contributed by atoms with E-state index in [9.17, 15) is 5.11 Å². The first-order valence-electron chi connectivity index (χ1n) is 4.20. The smallest absolute Gasteiger partial charge is 0.231 e. The maximum atomic E-state index is 9.68. The Kier molecular flexibility index (Phi) is 2.62. The molecule has 0 amide bonds. The molecule has 1 atom stereocenters. The normalized spacial score (nSPS) is 15.6. The van der Waals surface area contributed by atoms with Gasteiger partial charge in [-0.2, -0.15) is 0 Å². The molecule has 1 aromatic carbocycles. The number of aliphatic hydroxyl groups excluding tert-OH is 1. The molecule has 4 nitrogen and oxygen atoms in total. The van der Waals surface area contributed by atoms with E-state index in [1.54, 1.807) is 6.07 Å². The lowest BCUT2D eigenvalue weighted by Crippen LogP contribution is -2.12. The van der Waals surface area contributed by atoms with E-state index in [2.05, 4.69) is 15.9 Å². The highest BCUT2D eigenvalue weighted by molar-refractivity contribution is 9.10. The molecule has 1 unspecified atom stereocenters. The van der Waals surface area contributed by atoms with Gasteiger partial charge in [-0.3, -0.25) is 0 Å². The van der Waals surface area contributed by atoms with Crippen molar-refractivity contribution < 1.29 is 14.6 Å². The second-order valence-electron chi connectivity index (χ2n) is 2.95. The molecule has 76 valence electrons. The van der Waals surface area contributed by atoms with Gasteiger partial charge in [-0.15, -0.1) is 0 Å². The third-order valence-corrected chi connectivity index (χ3v) is 2.77. The van der Waals surface area contributed by atoms with Gasteiger partial charge in [0.1, 0.15) is 0 Å². The fraction of sp³-hybridized carbons (Fsp3) is 0.333. The fourth-order valence-electron chi connectivity index (χ4n) is 1.40. The first kappa shape index (κ1) is 9.76. The Morgan fingerprint density at radius 1 is 1.50 bits per heavy atom. The summed E-state index contributed by atoms with van der Waals surface area (Å²) in [5, 5.41) is 9.68. The highest BCUT2D eigenvalue weighted by Gasteiger charge is 2.23. The van der Waals surface area contributed by atoms with Crippen molar-refractivity contribution in [3.05, 3.63) is 22.2 Å². The number of hydrogen-bond donors (Lipinski definition) is 2. The van der Waals surface area contributed by atoms with Crippen molar-refractivity contribution in [2.45, 2.75) is 6.10 Å². The monoisotopic (exact) mass is 259 g/mol. The number of hydrogen-bond acceptors (Lipinski definition) is 4. The van der Waals surface area contributed by atoms with Crippen LogP contribution < -0.4 is 15.2 Å². The SMILES string of the molecule is NCC(O)c1c(Br)ccc2c1OCO2. The molecule has 0 saturated carbocycles. The summed E-state index contributed by atoms with van der Waals surface area (Å²) in [6.07, 6.45) is -0.735. The Labute approximate surface area is 89.7 Å². The lowest BCUT2D eigenvalue weighted by molar-refractivity contribution is 0.160. The summed E-state index contributed by atoms with van der Waals surface area (Å²) in [6.45, 7) is 0.342. The third kappa shape index (κ3) is 1.47. The van der Waals surface area contributed by atoms with Crippen LogP contribution in [0.15, 0.2) is 16.6 Å². The van der Waals surface area contributed by atoms with E-state index in [0.717, 1.165) is 4.47 Å². The van der Waals surface area contributed by atoms with Crippen LogP contribution in [-0.2, 0) is 0 Å². The lowest BCUT2D eigenvalue weighted by atomic mass is 10.1. The molecule has 1 aromatic rings. The molecule has 0 saturated heterocycles. The van der Waals surface area contributed by atoms with Crippen LogP contribution in [0.1, 0.15) is 11.7 Å². The highest BCUT2D eigenvalue weighted by atomic mass is 79.9. The summed E-state index contributed by atoms with van der Waals surface area (Å²) < 4.78 is 11.2. The van der Waals surface area contributed by atoms with Crippen molar-refractivity contribution in [3.8, 4) is 11.5 Å². The number of ether oxygens (including phenoxy) is 2. The second kappa shape index (κ2) is 3.76. The number of aliphatic hydroxyl groups is 1. The van der Waals surface area contributed by atoms with Crippen molar-refractivity contribution in [3.63, 3.8) is 0 Å². The van der Waals surface area contributed by atoms with E-state index in [-0.39, 0.29) is 13.3 Å². The topological polar surface area (TPSA) is 64.7 Å². The second-order valence-corrected chi connectivity index (χ2v) is 3.80. The quantitative estimate of drug-likeness (QED) is 0.837. The molecule has 0 fully saturated rings. The van der Waals surface area contributed by atoms with Gasteiger partial charge in [-0.1, -0.05) is 15.9 Å². The van der Waals surface area contributed by atoms with Crippen LogP contribution in [0.3, 0.4) is 0 Å². The molecule has 0 radical (unpaired) electrons. The number of halogens is 1. The van der Waals surface area contributed by atoms with Gasteiger partial charge >= 0.3 is 0 Å². The zero-order chi connectivity index (χ0) is 10.1. The molecule has 0 bridgehead atoms. The van der Waals surface area contributed by atoms with Crippen molar-refractivity contribution in [2.75, 3.05) is 13.3 Å². The summed E-state index contributed by atoms with van der Waals surface area (Å²) in [5.74, 6) is 1.23. The van der Waals surface area contributed by atoms with Crippen molar-refractivity contribution in [1.82, 2.24) is 0 Å². The molecule has 3 N–H and O–H groups in total.